The second kappa shape index (κ2) is 7.76. The minimum Gasteiger partial charge on any atom is -0.355 e. The third kappa shape index (κ3) is 3.62. The van der Waals surface area contributed by atoms with E-state index < -0.39 is 0 Å². The van der Waals surface area contributed by atoms with Crippen LogP contribution < -0.4 is 5.32 Å². The highest BCUT2D eigenvalue weighted by molar-refractivity contribution is 8.00. The molecule has 3 aromatic rings. The van der Waals surface area contributed by atoms with Crippen molar-refractivity contribution in [2.75, 3.05) is 12.3 Å². The Hall–Kier alpha value is -1.92. The molecule has 1 aliphatic carbocycles. The van der Waals surface area contributed by atoms with Crippen molar-refractivity contribution >= 4 is 39.2 Å². The fourth-order valence-corrected chi connectivity index (χ4v) is 5.57. The van der Waals surface area contributed by atoms with Gasteiger partial charge in [-0.1, -0.05) is 36.0 Å². The third-order valence-electron chi connectivity index (χ3n) is 4.78. The van der Waals surface area contributed by atoms with E-state index in [1.165, 1.54) is 45.1 Å². The molecular formula is C20H21N3OS2. The first-order valence-corrected chi connectivity index (χ1v) is 10.7. The van der Waals surface area contributed by atoms with E-state index in [9.17, 15) is 4.79 Å². The molecule has 4 nitrogen and oxygen atoms in total. The van der Waals surface area contributed by atoms with Gasteiger partial charge in [0.05, 0.1) is 5.75 Å². The Kier molecular flexibility index (Phi) is 5.22. The standard InChI is InChI=1S/C20H21N3OS2/c1-13-5-2-3-6-14(13)9-10-21-17(24)11-25-19-18-15-7-4-8-16(15)26-20(18)23-12-22-19/h2-3,5-6,12H,4,7-11H2,1H3,(H,21,24). The molecule has 0 radical (unpaired) electrons. The number of aromatic nitrogens is 2. The van der Waals surface area contributed by atoms with Crippen LogP contribution in [0.25, 0.3) is 10.2 Å². The summed E-state index contributed by atoms with van der Waals surface area (Å²) in [4.78, 5) is 23.6. The summed E-state index contributed by atoms with van der Waals surface area (Å²) in [7, 11) is 0. The molecule has 1 amide bonds. The summed E-state index contributed by atoms with van der Waals surface area (Å²) in [6.45, 7) is 2.77. The molecule has 26 heavy (non-hydrogen) atoms. The molecule has 134 valence electrons. The van der Waals surface area contributed by atoms with E-state index in [1.807, 2.05) is 12.1 Å². The van der Waals surface area contributed by atoms with E-state index in [2.05, 4.69) is 34.3 Å². The monoisotopic (exact) mass is 383 g/mol. The molecule has 0 bridgehead atoms. The number of hydrogen-bond acceptors (Lipinski definition) is 5. The molecule has 1 N–H and O–H groups in total. The smallest absolute Gasteiger partial charge is 0.230 e. The lowest BCUT2D eigenvalue weighted by molar-refractivity contribution is -0.118. The predicted molar refractivity (Wildman–Crippen MR) is 108 cm³/mol. The molecule has 4 rings (SSSR count). The van der Waals surface area contributed by atoms with Crippen molar-refractivity contribution in [2.24, 2.45) is 0 Å². The van der Waals surface area contributed by atoms with Gasteiger partial charge in [0, 0.05) is 16.8 Å². The Morgan fingerprint density at radius 3 is 3.04 bits per heavy atom. The number of thiophene rings is 1. The maximum absolute atomic E-state index is 12.2. The zero-order chi connectivity index (χ0) is 17.9. The van der Waals surface area contributed by atoms with Crippen LogP contribution in [-0.4, -0.2) is 28.2 Å². The van der Waals surface area contributed by atoms with Crippen LogP contribution in [0, 0.1) is 6.92 Å². The number of aryl methyl sites for hydroxylation is 3. The van der Waals surface area contributed by atoms with Gasteiger partial charge in [-0.05, 0) is 49.3 Å². The second-order valence-electron chi connectivity index (χ2n) is 6.53. The lowest BCUT2D eigenvalue weighted by atomic mass is 10.1. The summed E-state index contributed by atoms with van der Waals surface area (Å²) in [6, 6.07) is 8.30. The summed E-state index contributed by atoms with van der Waals surface area (Å²) in [5.41, 5.74) is 3.96. The number of nitrogens with one attached hydrogen (secondary N) is 1. The largest absolute Gasteiger partial charge is 0.355 e. The summed E-state index contributed by atoms with van der Waals surface area (Å²) in [5.74, 6) is 0.451. The Morgan fingerprint density at radius 2 is 2.15 bits per heavy atom. The molecular weight excluding hydrogens is 362 g/mol. The van der Waals surface area contributed by atoms with Crippen LogP contribution in [0.1, 0.15) is 28.0 Å². The van der Waals surface area contributed by atoms with Gasteiger partial charge in [-0.15, -0.1) is 11.3 Å². The Bertz CT molecular complexity index is 951. The van der Waals surface area contributed by atoms with Gasteiger partial charge in [0.25, 0.3) is 0 Å². The maximum atomic E-state index is 12.2. The number of fused-ring (bicyclic) bond motifs is 3. The molecule has 0 atom stereocenters. The maximum Gasteiger partial charge on any atom is 0.230 e. The molecule has 0 unspecified atom stereocenters. The van der Waals surface area contributed by atoms with Crippen molar-refractivity contribution in [3.05, 3.63) is 52.2 Å². The van der Waals surface area contributed by atoms with Crippen LogP contribution in [0.2, 0.25) is 0 Å². The van der Waals surface area contributed by atoms with E-state index in [0.29, 0.717) is 12.3 Å². The van der Waals surface area contributed by atoms with Crippen molar-refractivity contribution in [1.29, 1.82) is 0 Å². The van der Waals surface area contributed by atoms with E-state index in [-0.39, 0.29) is 5.91 Å². The average Bonchev–Trinajstić information content (AvgIpc) is 3.22. The predicted octanol–water partition coefficient (Wildman–Crippen LogP) is 3.94. The van der Waals surface area contributed by atoms with Gasteiger partial charge in [0.2, 0.25) is 5.91 Å². The van der Waals surface area contributed by atoms with Crippen molar-refractivity contribution in [1.82, 2.24) is 15.3 Å². The molecule has 2 aromatic heterocycles. The summed E-state index contributed by atoms with van der Waals surface area (Å²) in [5, 5.41) is 5.15. The van der Waals surface area contributed by atoms with Crippen LogP contribution in [0.5, 0.6) is 0 Å². The van der Waals surface area contributed by atoms with Gasteiger partial charge >= 0.3 is 0 Å². The second-order valence-corrected chi connectivity index (χ2v) is 8.58. The minimum atomic E-state index is 0.0576. The Balaban J connectivity index is 1.35. The highest BCUT2D eigenvalue weighted by atomic mass is 32.2. The van der Waals surface area contributed by atoms with Crippen molar-refractivity contribution in [2.45, 2.75) is 37.6 Å². The molecule has 0 spiro atoms. The number of benzene rings is 1. The van der Waals surface area contributed by atoms with E-state index in [4.69, 9.17) is 0 Å². The van der Waals surface area contributed by atoms with Gasteiger partial charge in [0.1, 0.15) is 16.2 Å². The summed E-state index contributed by atoms with van der Waals surface area (Å²) < 4.78 is 0. The SMILES string of the molecule is Cc1ccccc1CCNC(=O)CSc1ncnc2sc3c(c12)CCC3. The number of rotatable bonds is 6. The number of thioether (sulfide) groups is 1. The van der Waals surface area contributed by atoms with Crippen molar-refractivity contribution in [3.8, 4) is 0 Å². The zero-order valence-electron chi connectivity index (χ0n) is 14.7. The quantitative estimate of drug-likeness (QED) is 0.517. The number of nitrogens with zero attached hydrogens (tertiary/aromatic N) is 2. The lowest BCUT2D eigenvalue weighted by Gasteiger charge is -2.08. The molecule has 6 heteroatoms. The van der Waals surface area contributed by atoms with E-state index >= 15 is 0 Å². The van der Waals surface area contributed by atoms with Gasteiger partial charge in [-0.25, -0.2) is 9.97 Å². The topological polar surface area (TPSA) is 54.9 Å². The van der Waals surface area contributed by atoms with Crippen molar-refractivity contribution in [3.63, 3.8) is 0 Å². The highest BCUT2D eigenvalue weighted by Gasteiger charge is 2.21. The van der Waals surface area contributed by atoms with Gasteiger partial charge < -0.3 is 5.32 Å². The normalized spacial score (nSPS) is 13.1. The average molecular weight is 384 g/mol. The molecule has 0 fully saturated rings. The number of carbonyl (C=O) groups excluding carboxylic acids is 1. The molecule has 0 saturated carbocycles. The fraction of sp³-hybridized carbons (Fsp3) is 0.350. The zero-order valence-corrected chi connectivity index (χ0v) is 16.4. The van der Waals surface area contributed by atoms with Gasteiger partial charge in [0.15, 0.2) is 0 Å². The van der Waals surface area contributed by atoms with Crippen LogP contribution >= 0.6 is 23.1 Å². The third-order valence-corrected chi connectivity index (χ3v) is 6.97. The van der Waals surface area contributed by atoms with Crippen LogP contribution in [-0.2, 0) is 24.1 Å². The van der Waals surface area contributed by atoms with Crippen LogP contribution in [0.15, 0.2) is 35.6 Å². The minimum absolute atomic E-state index is 0.0576. The number of carbonyl (C=O) groups is 1. The summed E-state index contributed by atoms with van der Waals surface area (Å²) in [6.07, 6.45) is 5.96. The lowest BCUT2D eigenvalue weighted by Crippen LogP contribution is -2.27. The van der Waals surface area contributed by atoms with E-state index in [1.54, 1.807) is 17.7 Å². The first-order valence-electron chi connectivity index (χ1n) is 8.91. The Labute approximate surface area is 161 Å². The number of hydrogen-bond donors (Lipinski definition) is 1. The molecule has 1 aliphatic rings. The molecule has 0 aliphatic heterocycles. The first-order chi connectivity index (χ1) is 12.7. The first kappa shape index (κ1) is 17.5. The molecule has 1 aromatic carbocycles. The highest BCUT2D eigenvalue weighted by Crippen LogP contribution is 2.39. The molecule has 2 heterocycles. The van der Waals surface area contributed by atoms with Crippen LogP contribution in [0.4, 0.5) is 0 Å². The Morgan fingerprint density at radius 1 is 1.27 bits per heavy atom. The van der Waals surface area contributed by atoms with E-state index in [0.717, 1.165) is 29.1 Å². The van der Waals surface area contributed by atoms with Gasteiger partial charge in [-0.2, -0.15) is 0 Å². The van der Waals surface area contributed by atoms with Gasteiger partial charge in [-0.3, -0.25) is 4.79 Å². The number of amides is 1. The van der Waals surface area contributed by atoms with Crippen molar-refractivity contribution < 1.29 is 4.79 Å². The van der Waals surface area contributed by atoms with Crippen LogP contribution in [0.3, 0.4) is 0 Å². The fourth-order valence-electron chi connectivity index (χ4n) is 3.42. The summed E-state index contributed by atoms with van der Waals surface area (Å²) >= 11 is 3.30. The molecule has 0 saturated heterocycles.